The highest BCUT2D eigenvalue weighted by Gasteiger charge is 2.20. The molecule has 4 aromatic rings. The van der Waals surface area contributed by atoms with E-state index in [4.69, 9.17) is 27.9 Å². The Labute approximate surface area is 216 Å². The number of amides is 1. The van der Waals surface area contributed by atoms with Gasteiger partial charge in [-0.2, -0.15) is 0 Å². The van der Waals surface area contributed by atoms with E-state index >= 15 is 0 Å². The normalized spacial score (nSPS) is 10.6. The first-order valence-corrected chi connectivity index (χ1v) is 12.1. The van der Waals surface area contributed by atoms with Crippen molar-refractivity contribution in [3.05, 3.63) is 124 Å². The zero-order chi connectivity index (χ0) is 24.6. The van der Waals surface area contributed by atoms with Crippen molar-refractivity contribution in [1.29, 1.82) is 0 Å². The highest BCUT2D eigenvalue weighted by Crippen LogP contribution is 2.25. The van der Waals surface area contributed by atoms with Crippen molar-refractivity contribution in [3.8, 4) is 11.5 Å². The van der Waals surface area contributed by atoms with Crippen molar-refractivity contribution in [2.75, 3.05) is 18.9 Å². The van der Waals surface area contributed by atoms with Gasteiger partial charge in [-0.1, -0.05) is 65.7 Å². The molecule has 6 heteroatoms. The Morgan fingerprint density at radius 1 is 0.800 bits per heavy atom. The number of nitrogens with one attached hydrogen (secondary N) is 1. The summed E-state index contributed by atoms with van der Waals surface area (Å²) in [5.74, 6) is 1.43. The quantitative estimate of drug-likeness (QED) is 0.253. The molecule has 4 aromatic carbocycles. The van der Waals surface area contributed by atoms with E-state index in [0.29, 0.717) is 35.1 Å². The number of hydrogen-bond donors (Lipinski definition) is 1. The van der Waals surface area contributed by atoms with E-state index in [1.165, 1.54) is 0 Å². The lowest BCUT2D eigenvalue weighted by Gasteiger charge is -2.24. The van der Waals surface area contributed by atoms with Gasteiger partial charge in [-0.05, 0) is 72.1 Å². The molecule has 35 heavy (non-hydrogen) atoms. The van der Waals surface area contributed by atoms with Crippen LogP contribution < -0.4 is 10.1 Å². The molecule has 0 bridgehead atoms. The van der Waals surface area contributed by atoms with Gasteiger partial charge in [0.15, 0.2) is 0 Å². The first-order valence-electron chi connectivity index (χ1n) is 11.3. The van der Waals surface area contributed by atoms with Crippen LogP contribution in [0, 0.1) is 0 Å². The van der Waals surface area contributed by atoms with Gasteiger partial charge in [0.1, 0.15) is 11.5 Å². The Morgan fingerprint density at radius 3 is 2.11 bits per heavy atom. The summed E-state index contributed by atoms with van der Waals surface area (Å²) in [6, 6.07) is 30.5. The molecule has 0 radical (unpaired) electrons. The van der Waals surface area contributed by atoms with Gasteiger partial charge in [-0.3, -0.25) is 4.79 Å². The number of anilines is 1. The lowest BCUT2D eigenvalue weighted by atomic mass is 10.1. The largest absolute Gasteiger partial charge is 0.457 e. The Morgan fingerprint density at radius 2 is 1.43 bits per heavy atom. The van der Waals surface area contributed by atoms with E-state index in [2.05, 4.69) is 5.32 Å². The Kier molecular flexibility index (Phi) is 8.30. The summed E-state index contributed by atoms with van der Waals surface area (Å²) in [6.07, 6.45) is 0.702. The first-order chi connectivity index (χ1) is 17.0. The van der Waals surface area contributed by atoms with Gasteiger partial charge < -0.3 is 15.0 Å². The van der Waals surface area contributed by atoms with E-state index in [9.17, 15) is 4.79 Å². The molecular formula is C29H26Cl2N2O2. The van der Waals surface area contributed by atoms with E-state index in [1.54, 1.807) is 19.2 Å². The third kappa shape index (κ3) is 6.78. The average Bonchev–Trinajstić information content (AvgIpc) is 2.88. The van der Waals surface area contributed by atoms with Crippen molar-refractivity contribution >= 4 is 34.8 Å². The monoisotopic (exact) mass is 504 g/mol. The van der Waals surface area contributed by atoms with Crippen LogP contribution in [0.4, 0.5) is 5.69 Å². The minimum Gasteiger partial charge on any atom is -0.457 e. The minimum absolute atomic E-state index is 0.0876. The van der Waals surface area contributed by atoms with Crippen molar-refractivity contribution in [2.24, 2.45) is 0 Å². The third-order valence-corrected chi connectivity index (χ3v) is 6.11. The van der Waals surface area contributed by atoms with Gasteiger partial charge in [0.2, 0.25) is 0 Å². The van der Waals surface area contributed by atoms with E-state index in [0.717, 1.165) is 28.3 Å². The highest BCUT2D eigenvalue weighted by atomic mass is 35.5. The first kappa shape index (κ1) is 24.6. The van der Waals surface area contributed by atoms with E-state index < -0.39 is 0 Å². The zero-order valence-corrected chi connectivity index (χ0v) is 20.9. The van der Waals surface area contributed by atoms with Crippen LogP contribution >= 0.6 is 23.2 Å². The molecule has 178 valence electrons. The SMILES string of the molecule is CNc1ccc(Cl)cc1C(=O)N(CCc1ccc(Cl)cc1)Cc1ccc(Oc2ccccc2)cc1. The van der Waals surface area contributed by atoms with Crippen molar-refractivity contribution in [2.45, 2.75) is 13.0 Å². The molecule has 0 fully saturated rings. The zero-order valence-electron chi connectivity index (χ0n) is 19.4. The van der Waals surface area contributed by atoms with Crippen LogP contribution in [0.15, 0.2) is 97.1 Å². The van der Waals surface area contributed by atoms with Crippen LogP contribution in [0.25, 0.3) is 0 Å². The van der Waals surface area contributed by atoms with Crippen molar-refractivity contribution in [3.63, 3.8) is 0 Å². The fourth-order valence-electron chi connectivity index (χ4n) is 3.76. The topological polar surface area (TPSA) is 41.6 Å². The number of hydrogen-bond acceptors (Lipinski definition) is 3. The number of carbonyl (C=O) groups excluding carboxylic acids is 1. The van der Waals surface area contributed by atoms with Gasteiger partial charge in [0.05, 0.1) is 5.56 Å². The molecule has 0 atom stereocenters. The molecule has 4 nitrogen and oxygen atoms in total. The summed E-state index contributed by atoms with van der Waals surface area (Å²) in [6.45, 7) is 0.992. The van der Waals surface area contributed by atoms with Crippen LogP contribution in [0.2, 0.25) is 10.0 Å². The van der Waals surface area contributed by atoms with E-state index in [1.807, 2.05) is 89.8 Å². The maximum atomic E-state index is 13.6. The predicted molar refractivity (Wildman–Crippen MR) is 144 cm³/mol. The van der Waals surface area contributed by atoms with Gasteiger partial charge >= 0.3 is 0 Å². The number of carbonyl (C=O) groups is 1. The van der Waals surface area contributed by atoms with Crippen molar-refractivity contribution in [1.82, 2.24) is 4.90 Å². The minimum atomic E-state index is -0.0876. The summed E-state index contributed by atoms with van der Waals surface area (Å²) in [5.41, 5.74) is 3.39. The molecule has 0 saturated carbocycles. The van der Waals surface area contributed by atoms with Crippen LogP contribution in [0.1, 0.15) is 21.5 Å². The molecule has 0 spiro atoms. The molecule has 1 N–H and O–H groups in total. The maximum absolute atomic E-state index is 13.6. The highest BCUT2D eigenvalue weighted by molar-refractivity contribution is 6.31. The third-order valence-electron chi connectivity index (χ3n) is 5.63. The molecular weight excluding hydrogens is 479 g/mol. The number of rotatable bonds is 9. The molecule has 1 amide bonds. The fraction of sp³-hybridized carbons (Fsp3) is 0.138. The molecule has 0 heterocycles. The van der Waals surface area contributed by atoms with Gasteiger partial charge in [-0.25, -0.2) is 0 Å². The predicted octanol–water partition coefficient (Wildman–Crippen LogP) is 7.71. The molecule has 0 aliphatic carbocycles. The average molecular weight is 505 g/mol. The summed E-state index contributed by atoms with van der Waals surface area (Å²) in [5, 5.41) is 4.31. The van der Waals surface area contributed by atoms with Crippen molar-refractivity contribution < 1.29 is 9.53 Å². The summed E-state index contributed by atoms with van der Waals surface area (Å²) < 4.78 is 5.90. The Hall–Kier alpha value is -3.47. The van der Waals surface area contributed by atoms with Crippen LogP contribution in [0.3, 0.4) is 0 Å². The summed E-state index contributed by atoms with van der Waals surface area (Å²) in [4.78, 5) is 15.5. The number of benzene rings is 4. The van der Waals surface area contributed by atoms with Gasteiger partial charge in [0.25, 0.3) is 5.91 Å². The smallest absolute Gasteiger partial charge is 0.256 e. The molecule has 4 rings (SSSR count). The van der Waals surface area contributed by atoms with E-state index in [-0.39, 0.29) is 5.91 Å². The van der Waals surface area contributed by atoms with Crippen LogP contribution in [-0.2, 0) is 13.0 Å². The molecule has 0 unspecified atom stereocenters. The number of para-hydroxylation sites is 1. The maximum Gasteiger partial charge on any atom is 0.256 e. The molecule has 0 aliphatic rings. The number of nitrogens with zero attached hydrogens (tertiary/aromatic N) is 1. The Balaban J connectivity index is 1.54. The lowest BCUT2D eigenvalue weighted by Crippen LogP contribution is -2.33. The second-order valence-electron chi connectivity index (χ2n) is 8.10. The van der Waals surface area contributed by atoms with Gasteiger partial charge in [-0.15, -0.1) is 0 Å². The summed E-state index contributed by atoms with van der Waals surface area (Å²) >= 11 is 12.3. The molecule has 0 aliphatic heterocycles. The van der Waals surface area contributed by atoms with Crippen LogP contribution in [0.5, 0.6) is 11.5 Å². The van der Waals surface area contributed by atoms with Crippen LogP contribution in [-0.4, -0.2) is 24.4 Å². The van der Waals surface area contributed by atoms with Gasteiger partial charge in [0, 0.05) is 35.9 Å². The lowest BCUT2D eigenvalue weighted by molar-refractivity contribution is 0.0746. The molecule has 0 saturated heterocycles. The summed E-state index contributed by atoms with van der Waals surface area (Å²) in [7, 11) is 1.80. The molecule has 0 aromatic heterocycles. The fourth-order valence-corrected chi connectivity index (χ4v) is 4.06. The number of ether oxygens (including phenoxy) is 1. The Bertz CT molecular complexity index is 1260. The second-order valence-corrected chi connectivity index (χ2v) is 8.98. The number of halogens is 2. The standard InChI is InChI=1S/C29H26Cl2N2O2/c1-32-28-16-13-24(31)19-27(28)29(34)33(18-17-21-7-11-23(30)12-8-21)20-22-9-14-26(15-10-22)35-25-5-3-2-4-6-25/h2-16,19,32H,17-18,20H2,1H3. The second kappa shape index (κ2) is 11.8.